The van der Waals surface area contributed by atoms with Crippen LogP contribution in [0.1, 0.15) is 57.4 Å². The van der Waals surface area contributed by atoms with Gasteiger partial charge in [-0.3, -0.25) is 4.79 Å². The standard InChI is InChI=1S/C19H27F3OS/c1-2-3-4-5-6-10-15-24-17(18(23)19(20,21)22)14-13-16-11-8-7-9-12-16/h7-9,11-12,17H,2-6,10,13-15H2,1H3. The van der Waals surface area contributed by atoms with Gasteiger partial charge in [-0.1, -0.05) is 69.4 Å². The first kappa shape index (κ1) is 21.1. The highest BCUT2D eigenvalue weighted by Gasteiger charge is 2.43. The van der Waals surface area contributed by atoms with E-state index in [4.69, 9.17) is 0 Å². The van der Waals surface area contributed by atoms with Gasteiger partial charge in [0.15, 0.2) is 0 Å². The molecule has 0 N–H and O–H groups in total. The molecule has 1 aromatic carbocycles. The quantitative estimate of drug-likeness (QED) is 0.412. The van der Waals surface area contributed by atoms with Crippen LogP contribution in [0.3, 0.4) is 0 Å². The number of hydrogen-bond donors (Lipinski definition) is 0. The number of halogens is 3. The van der Waals surface area contributed by atoms with Crippen LogP contribution in [-0.2, 0) is 11.2 Å². The third-order valence-electron chi connectivity index (χ3n) is 3.93. The third kappa shape index (κ3) is 8.76. The Balaban J connectivity index is 2.42. The first-order valence-corrected chi connectivity index (χ1v) is 9.76. The fourth-order valence-corrected chi connectivity index (χ4v) is 3.75. The lowest BCUT2D eigenvalue weighted by Crippen LogP contribution is -2.33. The molecule has 1 rings (SSSR count). The second kappa shape index (κ2) is 11.6. The van der Waals surface area contributed by atoms with Crippen molar-refractivity contribution >= 4 is 17.5 Å². The molecule has 1 aromatic rings. The summed E-state index contributed by atoms with van der Waals surface area (Å²) in [5, 5.41) is -0.985. The molecule has 0 radical (unpaired) electrons. The van der Waals surface area contributed by atoms with E-state index >= 15 is 0 Å². The van der Waals surface area contributed by atoms with Gasteiger partial charge in [0.1, 0.15) is 0 Å². The highest BCUT2D eigenvalue weighted by molar-refractivity contribution is 8.00. The first-order chi connectivity index (χ1) is 11.4. The third-order valence-corrected chi connectivity index (χ3v) is 5.30. The van der Waals surface area contributed by atoms with Crippen LogP contribution in [-0.4, -0.2) is 23.0 Å². The van der Waals surface area contributed by atoms with Crippen molar-refractivity contribution in [2.45, 2.75) is 69.7 Å². The molecule has 0 saturated heterocycles. The van der Waals surface area contributed by atoms with Crippen LogP contribution in [0.5, 0.6) is 0 Å². The molecular weight excluding hydrogens is 333 g/mol. The van der Waals surface area contributed by atoms with Crippen molar-refractivity contribution < 1.29 is 18.0 Å². The smallest absolute Gasteiger partial charge is 0.288 e. The van der Waals surface area contributed by atoms with Gasteiger partial charge in [-0.2, -0.15) is 24.9 Å². The van der Waals surface area contributed by atoms with Crippen molar-refractivity contribution in [3.63, 3.8) is 0 Å². The van der Waals surface area contributed by atoms with Crippen LogP contribution in [0.2, 0.25) is 0 Å². The molecule has 0 aromatic heterocycles. The largest absolute Gasteiger partial charge is 0.451 e. The zero-order chi connectivity index (χ0) is 17.8. The van der Waals surface area contributed by atoms with Gasteiger partial charge in [0.2, 0.25) is 5.78 Å². The van der Waals surface area contributed by atoms with Gasteiger partial charge in [0.05, 0.1) is 5.25 Å². The summed E-state index contributed by atoms with van der Waals surface area (Å²) in [6.07, 6.45) is 2.58. The predicted molar refractivity (Wildman–Crippen MR) is 95.4 cm³/mol. The van der Waals surface area contributed by atoms with Crippen molar-refractivity contribution in [1.29, 1.82) is 0 Å². The van der Waals surface area contributed by atoms with E-state index in [0.29, 0.717) is 12.2 Å². The maximum Gasteiger partial charge on any atom is 0.451 e. The van der Waals surface area contributed by atoms with Crippen LogP contribution in [0.4, 0.5) is 13.2 Å². The molecule has 0 fully saturated rings. The Labute approximate surface area is 147 Å². The maximum absolute atomic E-state index is 12.8. The van der Waals surface area contributed by atoms with Gasteiger partial charge in [0, 0.05) is 0 Å². The molecule has 5 heteroatoms. The number of thioether (sulfide) groups is 1. The summed E-state index contributed by atoms with van der Waals surface area (Å²) in [6, 6.07) is 9.36. The zero-order valence-corrected chi connectivity index (χ0v) is 15.1. The second-order valence-corrected chi connectivity index (χ2v) is 7.32. The van der Waals surface area contributed by atoms with Crippen molar-refractivity contribution in [3.8, 4) is 0 Å². The van der Waals surface area contributed by atoms with Crippen molar-refractivity contribution in [2.24, 2.45) is 0 Å². The van der Waals surface area contributed by atoms with Crippen molar-refractivity contribution in [3.05, 3.63) is 35.9 Å². The molecule has 1 unspecified atom stereocenters. The molecule has 0 saturated carbocycles. The highest BCUT2D eigenvalue weighted by Crippen LogP contribution is 2.28. The van der Waals surface area contributed by atoms with Gasteiger partial charge < -0.3 is 0 Å². The minimum atomic E-state index is -4.74. The lowest BCUT2D eigenvalue weighted by atomic mass is 10.1. The molecule has 0 heterocycles. The number of hydrogen-bond acceptors (Lipinski definition) is 2. The Morgan fingerprint density at radius 3 is 2.29 bits per heavy atom. The average Bonchev–Trinajstić information content (AvgIpc) is 2.56. The van der Waals surface area contributed by atoms with Gasteiger partial charge in [-0.05, 0) is 30.6 Å². The van der Waals surface area contributed by atoms with E-state index in [1.807, 2.05) is 30.3 Å². The van der Waals surface area contributed by atoms with Crippen LogP contribution in [0.25, 0.3) is 0 Å². The monoisotopic (exact) mass is 360 g/mol. The van der Waals surface area contributed by atoms with Crippen LogP contribution in [0.15, 0.2) is 30.3 Å². The Hall–Kier alpha value is -0.970. The van der Waals surface area contributed by atoms with Crippen LogP contribution >= 0.6 is 11.8 Å². The summed E-state index contributed by atoms with van der Waals surface area (Å²) < 4.78 is 38.3. The average molecular weight is 360 g/mol. The number of aryl methyl sites for hydroxylation is 1. The molecule has 24 heavy (non-hydrogen) atoms. The van der Waals surface area contributed by atoms with E-state index in [2.05, 4.69) is 6.92 Å². The molecule has 0 aliphatic heterocycles. The summed E-state index contributed by atoms with van der Waals surface area (Å²) in [7, 11) is 0. The molecule has 1 atom stereocenters. The van der Waals surface area contributed by atoms with Gasteiger partial charge in [-0.25, -0.2) is 0 Å². The summed E-state index contributed by atoms with van der Waals surface area (Å²) >= 11 is 1.17. The van der Waals surface area contributed by atoms with E-state index in [-0.39, 0.29) is 6.42 Å². The lowest BCUT2D eigenvalue weighted by Gasteiger charge is -2.17. The van der Waals surface area contributed by atoms with Gasteiger partial charge in [0.25, 0.3) is 0 Å². The molecule has 136 valence electrons. The Morgan fingerprint density at radius 1 is 1.04 bits per heavy atom. The number of alkyl halides is 3. The fraction of sp³-hybridized carbons (Fsp3) is 0.632. The number of carbonyl (C=O) groups excluding carboxylic acids is 1. The van der Waals surface area contributed by atoms with E-state index < -0.39 is 17.2 Å². The molecular formula is C19H27F3OS. The molecule has 1 nitrogen and oxygen atoms in total. The second-order valence-electron chi connectivity index (χ2n) is 6.01. The molecule has 0 amide bonds. The summed E-state index contributed by atoms with van der Waals surface area (Å²) in [5.41, 5.74) is 0.970. The number of ketones is 1. The predicted octanol–water partition coefficient (Wildman–Crippen LogP) is 6.21. The summed E-state index contributed by atoms with van der Waals surface area (Å²) in [4.78, 5) is 11.6. The minimum absolute atomic E-state index is 0.239. The number of rotatable bonds is 12. The molecule has 0 spiro atoms. The summed E-state index contributed by atoms with van der Waals surface area (Å²) in [6.45, 7) is 2.15. The number of benzene rings is 1. The summed E-state index contributed by atoms with van der Waals surface area (Å²) in [5.74, 6) is -0.970. The van der Waals surface area contributed by atoms with E-state index in [9.17, 15) is 18.0 Å². The van der Waals surface area contributed by atoms with E-state index in [0.717, 1.165) is 24.8 Å². The van der Waals surface area contributed by atoms with Gasteiger partial charge in [-0.15, -0.1) is 0 Å². The topological polar surface area (TPSA) is 17.1 Å². The minimum Gasteiger partial charge on any atom is -0.288 e. The number of unbranched alkanes of at least 4 members (excludes halogenated alkanes) is 5. The SMILES string of the molecule is CCCCCCCCSC(CCc1ccccc1)C(=O)C(F)(F)F. The Bertz CT molecular complexity index is 459. The van der Waals surface area contributed by atoms with E-state index in [1.165, 1.54) is 31.0 Å². The van der Waals surface area contributed by atoms with Crippen LogP contribution in [0, 0.1) is 0 Å². The number of carbonyl (C=O) groups is 1. The Kier molecular flexibility index (Phi) is 10.2. The lowest BCUT2D eigenvalue weighted by molar-refractivity contribution is -0.170. The highest BCUT2D eigenvalue weighted by atomic mass is 32.2. The normalized spacial score (nSPS) is 13.0. The maximum atomic E-state index is 12.8. The Morgan fingerprint density at radius 2 is 1.67 bits per heavy atom. The molecule has 0 aliphatic carbocycles. The van der Waals surface area contributed by atoms with Crippen LogP contribution < -0.4 is 0 Å². The van der Waals surface area contributed by atoms with Crippen molar-refractivity contribution in [1.82, 2.24) is 0 Å². The zero-order valence-electron chi connectivity index (χ0n) is 14.3. The van der Waals surface area contributed by atoms with Crippen molar-refractivity contribution in [2.75, 3.05) is 5.75 Å². The first-order valence-electron chi connectivity index (χ1n) is 8.71. The van der Waals surface area contributed by atoms with Gasteiger partial charge >= 0.3 is 6.18 Å². The van der Waals surface area contributed by atoms with E-state index in [1.54, 1.807) is 0 Å². The molecule has 0 aliphatic rings. The fourth-order valence-electron chi connectivity index (χ4n) is 2.52. The molecule has 0 bridgehead atoms. The number of Topliss-reactive ketones (excluding diaryl/α,β-unsaturated/α-hetero) is 1.